The average Bonchev–Trinajstić information content (AvgIpc) is 2.28. The fourth-order valence-electron chi connectivity index (χ4n) is 0.983. The normalized spacial score (nSPS) is 9.62. The summed E-state index contributed by atoms with van der Waals surface area (Å²) in [5.74, 6) is -2.15. The van der Waals surface area contributed by atoms with Crippen LogP contribution in [0.15, 0.2) is 24.3 Å². The summed E-state index contributed by atoms with van der Waals surface area (Å²) in [6, 6.07) is 5.59. The molecule has 0 unspecified atom stereocenters. The van der Waals surface area contributed by atoms with Gasteiger partial charge in [0.2, 0.25) is 0 Å². The van der Waals surface area contributed by atoms with Crippen LogP contribution in [0.25, 0.3) is 0 Å². The summed E-state index contributed by atoms with van der Waals surface area (Å²) in [6.45, 7) is 0.186. The number of amides is 2. The third-order valence-corrected chi connectivity index (χ3v) is 1.90. The van der Waals surface area contributed by atoms with Gasteiger partial charge in [0, 0.05) is 12.4 Å². The van der Waals surface area contributed by atoms with E-state index in [-0.39, 0.29) is 18.1 Å². The van der Waals surface area contributed by atoms with Crippen LogP contribution in [-0.2, 0) is 9.59 Å². The number of rotatable bonds is 3. The highest BCUT2D eigenvalue weighted by Crippen LogP contribution is 2.11. The molecular formula is C10H10ClFN2O2. The highest BCUT2D eigenvalue weighted by molar-refractivity contribution is 6.39. The summed E-state index contributed by atoms with van der Waals surface area (Å²) < 4.78 is 13.1. The number of hydrogen-bond acceptors (Lipinski definition) is 2. The van der Waals surface area contributed by atoms with Crippen LogP contribution in [0, 0.1) is 5.82 Å². The van der Waals surface area contributed by atoms with Gasteiger partial charge in [-0.1, -0.05) is 12.1 Å². The SMILES string of the molecule is O=C(NCCCl)C(=O)Nc1ccccc1F. The Morgan fingerprint density at radius 1 is 1.25 bits per heavy atom. The van der Waals surface area contributed by atoms with E-state index in [2.05, 4.69) is 10.6 Å². The summed E-state index contributed by atoms with van der Waals surface area (Å²) in [5, 5.41) is 4.42. The Balaban J connectivity index is 2.58. The first-order valence-electron chi connectivity index (χ1n) is 4.55. The van der Waals surface area contributed by atoms with Crippen molar-refractivity contribution in [1.29, 1.82) is 0 Å². The zero-order chi connectivity index (χ0) is 12.0. The van der Waals surface area contributed by atoms with Crippen LogP contribution in [0.2, 0.25) is 0 Å². The Morgan fingerprint density at radius 3 is 2.56 bits per heavy atom. The maximum atomic E-state index is 13.1. The number of nitrogens with one attached hydrogen (secondary N) is 2. The number of carbonyl (C=O) groups is 2. The van der Waals surface area contributed by atoms with E-state index in [4.69, 9.17) is 11.6 Å². The van der Waals surface area contributed by atoms with Crippen LogP contribution >= 0.6 is 11.6 Å². The van der Waals surface area contributed by atoms with Gasteiger partial charge in [-0.05, 0) is 12.1 Å². The summed E-state index contributed by atoms with van der Waals surface area (Å²) in [6.07, 6.45) is 0. The van der Waals surface area contributed by atoms with E-state index >= 15 is 0 Å². The van der Waals surface area contributed by atoms with Crippen LogP contribution in [-0.4, -0.2) is 24.2 Å². The van der Waals surface area contributed by atoms with Crippen molar-refractivity contribution in [3.8, 4) is 0 Å². The number of anilines is 1. The Kier molecular flexibility index (Phi) is 4.72. The van der Waals surface area contributed by atoms with Crippen molar-refractivity contribution in [3.63, 3.8) is 0 Å². The summed E-state index contributed by atoms with van der Waals surface area (Å²) >= 11 is 5.33. The molecule has 0 fully saturated rings. The first-order chi connectivity index (χ1) is 7.65. The molecule has 2 N–H and O–H groups in total. The summed E-state index contributed by atoms with van der Waals surface area (Å²) in [7, 11) is 0. The predicted molar refractivity (Wildman–Crippen MR) is 58.8 cm³/mol. The lowest BCUT2D eigenvalue weighted by Crippen LogP contribution is -2.36. The van der Waals surface area contributed by atoms with Crippen LogP contribution in [0.4, 0.5) is 10.1 Å². The van der Waals surface area contributed by atoms with Gasteiger partial charge in [-0.25, -0.2) is 4.39 Å². The van der Waals surface area contributed by atoms with Crippen molar-refractivity contribution in [2.24, 2.45) is 0 Å². The molecule has 16 heavy (non-hydrogen) atoms. The van der Waals surface area contributed by atoms with E-state index in [1.54, 1.807) is 6.07 Å². The molecule has 0 atom stereocenters. The number of alkyl halides is 1. The van der Waals surface area contributed by atoms with Crippen LogP contribution < -0.4 is 10.6 Å². The minimum absolute atomic E-state index is 0.0338. The Hall–Kier alpha value is -1.62. The van der Waals surface area contributed by atoms with Crippen LogP contribution in [0.5, 0.6) is 0 Å². The standard InChI is InChI=1S/C10H10ClFN2O2/c11-5-6-13-9(15)10(16)14-8-4-2-1-3-7(8)12/h1-4H,5-6H2,(H,13,15)(H,14,16). The van der Waals surface area contributed by atoms with Gasteiger partial charge in [0.25, 0.3) is 0 Å². The van der Waals surface area contributed by atoms with Gasteiger partial charge < -0.3 is 10.6 Å². The molecule has 0 aliphatic heterocycles. The van der Waals surface area contributed by atoms with Gasteiger partial charge in [0.15, 0.2) is 0 Å². The van der Waals surface area contributed by atoms with Gasteiger partial charge >= 0.3 is 11.8 Å². The van der Waals surface area contributed by atoms with Gasteiger partial charge in [-0.3, -0.25) is 9.59 Å². The molecule has 1 aromatic rings. The number of benzene rings is 1. The maximum absolute atomic E-state index is 13.1. The van der Waals surface area contributed by atoms with E-state index in [9.17, 15) is 14.0 Å². The minimum Gasteiger partial charge on any atom is -0.347 e. The van der Waals surface area contributed by atoms with E-state index in [1.165, 1.54) is 18.2 Å². The van der Waals surface area contributed by atoms with E-state index in [0.29, 0.717) is 0 Å². The quantitative estimate of drug-likeness (QED) is 0.618. The minimum atomic E-state index is -0.921. The number of carbonyl (C=O) groups excluding carboxylic acids is 2. The highest BCUT2D eigenvalue weighted by Gasteiger charge is 2.14. The van der Waals surface area contributed by atoms with Gasteiger partial charge in [0.1, 0.15) is 5.82 Å². The van der Waals surface area contributed by atoms with Crippen LogP contribution in [0.1, 0.15) is 0 Å². The fraction of sp³-hybridized carbons (Fsp3) is 0.200. The molecular weight excluding hydrogens is 235 g/mol. The monoisotopic (exact) mass is 244 g/mol. The highest BCUT2D eigenvalue weighted by atomic mass is 35.5. The van der Waals surface area contributed by atoms with Gasteiger partial charge in [-0.15, -0.1) is 11.6 Å². The van der Waals surface area contributed by atoms with Crippen molar-refractivity contribution in [1.82, 2.24) is 5.32 Å². The number of hydrogen-bond donors (Lipinski definition) is 2. The second-order valence-electron chi connectivity index (χ2n) is 2.88. The third-order valence-electron chi connectivity index (χ3n) is 1.71. The lowest BCUT2D eigenvalue weighted by Gasteiger charge is -2.05. The topological polar surface area (TPSA) is 58.2 Å². The second-order valence-corrected chi connectivity index (χ2v) is 3.26. The third kappa shape index (κ3) is 3.51. The maximum Gasteiger partial charge on any atom is 0.313 e. The molecule has 0 saturated carbocycles. The zero-order valence-corrected chi connectivity index (χ0v) is 9.05. The van der Waals surface area contributed by atoms with Crippen molar-refractivity contribution in [3.05, 3.63) is 30.1 Å². The molecule has 4 nitrogen and oxygen atoms in total. The Morgan fingerprint density at radius 2 is 1.94 bits per heavy atom. The molecule has 0 spiro atoms. The lowest BCUT2D eigenvalue weighted by molar-refractivity contribution is -0.136. The molecule has 0 radical (unpaired) electrons. The first-order valence-corrected chi connectivity index (χ1v) is 5.08. The van der Waals surface area contributed by atoms with E-state index < -0.39 is 17.6 Å². The summed E-state index contributed by atoms with van der Waals surface area (Å²) in [4.78, 5) is 22.4. The molecule has 2 amide bonds. The van der Waals surface area contributed by atoms with Crippen molar-refractivity contribution in [2.75, 3.05) is 17.7 Å². The number of para-hydroxylation sites is 1. The van der Waals surface area contributed by atoms with Crippen molar-refractivity contribution < 1.29 is 14.0 Å². The molecule has 6 heteroatoms. The van der Waals surface area contributed by atoms with Crippen molar-refractivity contribution >= 4 is 29.1 Å². The number of halogens is 2. The largest absolute Gasteiger partial charge is 0.347 e. The molecule has 1 rings (SSSR count). The molecule has 0 saturated heterocycles. The molecule has 0 heterocycles. The molecule has 0 aliphatic rings. The molecule has 86 valence electrons. The van der Waals surface area contributed by atoms with Crippen molar-refractivity contribution in [2.45, 2.75) is 0 Å². The molecule has 0 aliphatic carbocycles. The Labute approximate surface area is 96.8 Å². The zero-order valence-electron chi connectivity index (χ0n) is 8.30. The lowest BCUT2D eigenvalue weighted by atomic mass is 10.3. The average molecular weight is 245 g/mol. The summed E-state index contributed by atoms with van der Waals surface area (Å²) in [5.41, 5.74) is -0.0338. The molecule has 1 aromatic carbocycles. The smallest absolute Gasteiger partial charge is 0.313 e. The Bertz CT molecular complexity index is 398. The molecule has 0 bridgehead atoms. The second kappa shape index (κ2) is 6.07. The van der Waals surface area contributed by atoms with Crippen LogP contribution in [0.3, 0.4) is 0 Å². The first kappa shape index (κ1) is 12.4. The van der Waals surface area contributed by atoms with E-state index in [1.807, 2.05) is 0 Å². The van der Waals surface area contributed by atoms with Gasteiger partial charge in [0.05, 0.1) is 5.69 Å². The molecule has 0 aromatic heterocycles. The fourth-order valence-corrected chi connectivity index (χ4v) is 1.08. The van der Waals surface area contributed by atoms with E-state index in [0.717, 1.165) is 0 Å². The predicted octanol–water partition coefficient (Wildman–Crippen LogP) is 1.12. The van der Waals surface area contributed by atoms with Gasteiger partial charge in [-0.2, -0.15) is 0 Å².